The Morgan fingerprint density at radius 2 is 2.36 bits per heavy atom. The molecule has 0 radical (unpaired) electrons. The molecule has 62 valence electrons. The molecular formula is C6H9F2N3. The van der Waals surface area contributed by atoms with E-state index in [-0.39, 0.29) is 12.2 Å². The van der Waals surface area contributed by atoms with Crippen molar-refractivity contribution < 1.29 is 8.78 Å². The van der Waals surface area contributed by atoms with Crippen LogP contribution in [0.25, 0.3) is 0 Å². The lowest BCUT2D eigenvalue weighted by Crippen LogP contribution is -1.99. The molecule has 3 nitrogen and oxygen atoms in total. The summed E-state index contributed by atoms with van der Waals surface area (Å²) in [6, 6.07) is 0. The number of nitrogens with zero attached hydrogens (tertiary/aromatic N) is 2. The van der Waals surface area contributed by atoms with Gasteiger partial charge in [-0.3, -0.25) is 4.68 Å². The number of rotatable bonds is 2. The largest absolute Gasteiger partial charge is 0.326 e. The van der Waals surface area contributed by atoms with Crippen molar-refractivity contribution >= 4 is 0 Å². The van der Waals surface area contributed by atoms with Gasteiger partial charge in [-0.15, -0.1) is 0 Å². The predicted molar refractivity (Wildman–Crippen MR) is 36.1 cm³/mol. The molecule has 0 fully saturated rings. The smallest absolute Gasteiger partial charge is 0.282 e. The highest BCUT2D eigenvalue weighted by molar-refractivity contribution is 5.17. The van der Waals surface area contributed by atoms with E-state index >= 15 is 0 Å². The fourth-order valence-corrected chi connectivity index (χ4v) is 0.896. The highest BCUT2D eigenvalue weighted by Crippen LogP contribution is 2.19. The second-order valence-electron chi connectivity index (χ2n) is 2.22. The molecule has 0 aliphatic carbocycles. The summed E-state index contributed by atoms with van der Waals surface area (Å²) < 4.78 is 25.5. The Morgan fingerprint density at radius 1 is 1.73 bits per heavy atom. The molecule has 0 atom stereocenters. The van der Waals surface area contributed by atoms with E-state index in [0.29, 0.717) is 5.56 Å². The number of alkyl halides is 2. The van der Waals surface area contributed by atoms with E-state index in [9.17, 15) is 8.78 Å². The first-order valence-electron chi connectivity index (χ1n) is 3.15. The Kier molecular flexibility index (Phi) is 2.19. The van der Waals surface area contributed by atoms with Crippen molar-refractivity contribution in [3.05, 3.63) is 17.5 Å². The summed E-state index contributed by atoms with van der Waals surface area (Å²) in [4.78, 5) is 0. The average Bonchev–Trinajstić information content (AvgIpc) is 2.30. The van der Waals surface area contributed by atoms with Crippen LogP contribution in [0.5, 0.6) is 0 Å². The highest BCUT2D eigenvalue weighted by atomic mass is 19.3. The first kappa shape index (κ1) is 8.13. The summed E-state index contributed by atoms with van der Waals surface area (Å²) in [5.74, 6) is 0. The topological polar surface area (TPSA) is 43.8 Å². The van der Waals surface area contributed by atoms with E-state index in [0.717, 1.165) is 0 Å². The van der Waals surface area contributed by atoms with Crippen molar-refractivity contribution in [3.8, 4) is 0 Å². The van der Waals surface area contributed by atoms with Crippen molar-refractivity contribution in [1.82, 2.24) is 9.78 Å². The standard InChI is InChI=1S/C6H9F2N3/c1-11-3-4(2-9)5(10-11)6(7)8/h3,6H,2,9H2,1H3. The van der Waals surface area contributed by atoms with Crippen LogP contribution >= 0.6 is 0 Å². The van der Waals surface area contributed by atoms with Crippen LogP contribution in [0.2, 0.25) is 0 Å². The first-order valence-corrected chi connectivity index (χ1v) is 3.15. The molecular weight excluding hydrogens is 152 g/mol. The van der Waals surface area contributed by atoms with Gasteiger partial charge in [-0.05, 0) is 0 Å². The zero-order chi connectivity index (χ0) is 8.43. The molecule has 11 heavy (non-hydrogen) atoms. The molecule has 0 aromatic carbocycles. The molecule has 0 spiro atoms. The van der Waals surface area contributed by atoms with Gasteiger partial charge in [0, 0.05) is 25.4 Å². The van der Waals surface area contributed by atoms with Gasteiger partial charge in [0.1, 0.15) is 5.69 Å². The zero-order valence-electron chi connectivity index (χ0n) is 6.09. The van der Waals surface area contributed by atoms with Crippen LogP contribution in [-0.2, 0) is 13.6 Å². The summed E-state index contributed by atoms with van der Waals surface area (Å²) in [5.41, 5.74) is 5.41. The van der Waals surface area contributed by atoms with E-state index in [2.05, 4.69) is 5.10 Å². The fourth-order valence-electron chi connectivity index (χ4n) is 0.896. The van der Waals surface area contributed by atoms with Crippen LogP contribution < -0.4 is 5.73 Å². The summed E-state index contributed by atoms with van der Waals surface area (Å²) in [7, 11) is 1.59. The van der Waals surface area contributed by atoms with Gasteiger partial charge in [0.2, 0.25) is 0 Å². The second-order valence-corrected chi connectivity index (χ2v) is 2.22. The van der Waals surface area contributed by atoms with Crippen LogP contribution in [0.1, 0.15) is 17.7 Å². The molecule has 0 aliphatic heterocycles. The zero-order valence-corrected chi connectivity index (χ0v) is 6.09. The van der Waals surface area contributed by atoms with E-state index in [1.54, 1.807) is 7.05 Å². The Bertz CT molecular complexity index is 244. The minimum absolute atomic E-state index is 0.105. The Hall–Kier alpha value is -0.970. The summed E-state index contributed by atoms with van der Waals surface area (Å²) >= 11 is 0. The van der Waals surface area contributed by atoms with Gasteiger partial charge in [0.05, 0.1) is 0 Å². The molecule has 0 amide bonds. The first-order chi connectivity index (χ1) is 5.15. The molecule has 0 aliphatic rings. The minimum atomic E-state index is -2.53. The molecule has 0 unspecified atom stereocenters. The van der Waals surface area contributed by atoms with Gasteiger partial charge in [-0.25, -0.2) is 8.78 Å². The van der Waals surface area contributed by atoms with Gasteiger partial charge in [-0.2, -0.15) is 5.10 Å². The Balaban J connectivity index is 3.02. The molecule has 1 aromatic rings. The normalized spacial score (nSPS) is 11.0. The monoisotopic (exact) mass is 161 g/mol. The molecule has 2 N–H and O–H groups in total. The fraction of sp³-hybridized carbons (Fsp3) is 0.500. The van der Waals surface area contributed by atoms with Crippen LogP contribution in [0.4, 0.5) is 8.78 Å². The van der Waals surface area contributed by atoms with Crippen LogP contribution in [0, 0.1) is 0 Å². The average molecular weight is 161 g/mol. The molecule has 1 heterocycles. The molecule has 0 saturated heterocycles. The van der Waals surface area contributed by atoms with Crippen molar-refractivity contribution in [2.45, 2.75) is 13.0 Å². The maximum absolute atomic E-state index is 12.1. The van der Waals surface area contributed by atoms with E-state index in [1.807, 2.05) is 0 Å². The summed E-state index contributed by atoms with van der Waals surface area (Å²) in [5, 5.41) is 3.57. The maximum Gasteiger partial charge on any atom is 0.282 e. The number of aryl methyl sites for hydroxylation is 1. The molecule has 0 saturated carbocycles. The molecule has 1 rings (SSSR count). The number of aromatic nitrogens is 2. The third kappa shape index (κ3) is 1.54. The van der Waals surface area contributed by atoms with Crippen molar-refractivity contribution in [2.75, 3.05) is 0 Å². The van der Waals surface area contributed by atoms with Crippen LogP contribution in [-0.4, -0.2) is 9.78 Å². The Morgan fingerprint density at radius 3 is 2.73 bits per heavy atom. The second kappa shape index (κ2) is 2.96. The lowest BCUT2D eigenvalue weighted by Gasteiger charge is -1.94. The van der Waals surface area contributed by atoms with Crippen LogP contribution in [0.3, 0.4) is 0 Å². The van der Waals surface area contributed by atoms with E-state index in [4.69, 9.17) is 5.73 Å². The summed E-state index contributed by atoms with van der Waals surface area (Å²) in [6.45, 7) is 0.105. The van der Waals surface area contributed by atoms with Crippen molar-refractivity contribution in [2.24, 2.45) is 12.8 Å². The molecule has 1 aromatic heterocycles. The molecule has 5 heteroatoms. The van der Waals surface area contributed by atoms with Gasteiger partial charge in [-0.1, -0.05) is 0 Å². The minimum Gasteiger partial charge on any atom is -0.326 e. The highest BCUT2D eigenvalue weighted by Gasteiger charge is 2.15. The third-order valence-electron chi connectivity index (χ3n) is 1.36. The number of hydrogen-bond donors (Lipinski definition) is 1. The SMILES string of the molecule is Cn1cc(CN)c(C(F)F)n1. The van der Waals surface area contributed by atoms with Gasteiger partial charge < -0.3 is 5.73 Å². The summed E-state index contributed by atoms with van der Waals surface area (Å²) in [6.07, 6.45) is -1.03. The number of nitrogens with two attached hydrogens (primary N) is 1. The lowest BCUT2D eigenvalue weighted by molar-refractivity contribution is 0.144. The lowest BCUT2D eigenvalue weighted by atomic mass is 10.2. The van der Waals surface area contributed by atoms with Gasteiger partial charge >= 0.3 is 0 Å². The number of halogens is 2. The maximum atomic E-state index is 12.1. The van der Waals surface area contributed by atoms with Crippen molar-refractivity contribution in [1.29, 1.82) is 0 Å². The van der Waals surface area contributed by atoms with Gasteiger partial charge in [0.15, 0.2) is 0 Å². The van der Waals surface area contributed by atoms with Crippen molar-refractivity contribution in [3.63, 3.8) is 0 Å². The third-order valence-corrected chi connectivity index (χ3v) is 1.36. The van der Waals surface area contributed by atoms with Gasteiger partial charge in [0.25, 0.3) is 6.43 Å². The Labute approximate surface area is 62.8 Å². The van der Waals surface area contributed by atoms with Crippen LogP contribution in [0.15, 0.2) is 6.20 Å². The number of hydrogen-bond acceptors (Lipinski definition) is 2. The van der Waals surface area contributed by atoms with E-state index < -0.39 is 6.43 Å². The van der Waals surface area contributed by atoms with E-state index in [1.165, 1.54) is 10.9 Å². The molecule has 0 bridgehead atoms. The quantitative estimate of drug-likeness (QED) is 0.697. The predicted octanol–water partition coefficient (Wildman–Crippen LogP) is 0.816.